The van der Waals surface area contributed by atoms with E-state index in [1.807, 2.05) is 31.7 Å². The number of hydrogen-bond donors (Lipinski definition) is 1. The zero-order valence-corrected chi connectivity index (χ0v) is 15.5. The molecule has 1 saturated heterocycles. The molecule has 1 rings (SSSR count). The number of likely N-dealkylation sites (N-methyl/N-ethyl adjacent to an activating group) is 1. The van der Waals surface area contributed by atoms with Crippen LogP contribution in [-0.4, -0.2) is 60.7 Å². The van der Waals surface area contributed by atoms with E-state index in [4.69, 9.17) is 0 Å². The summed E-state index contributed by atoms with van der Waals surface area (Å²) in [4.78, 5) is 38.6. The van der Waals surface area contributed by atoms with Gasteiger partial charge in [0, 0.05) is 25.7 Å². The Hall–Kier alpha value is -1.85. The molecular weight excluding hydrogens is 306 g/mol. The van der Waals surface area contributed by atoms with Gasteiger partial charge in [0.2, 0.25) is 18.2 Å². The molecule has 0 aromatic carbocycles. The minimum absolute atomic E-state index is 0.0337. The molecule has 0 spiro atoms. The van der Waals surface area contributed by atoms with Crippen molar-refractivity contribution in [1.82, 2.24) is 15.1 Å². The highest BCUT2D eigenvalue weighted by molar-refractivity contribution is 5.93. The lowest BCUT2D eigenvalue weighted by atomic mass is 9.97. The minimum atomic E-state index is -0.182. The fraction of sp³-hybridized carbons (Fsp3) is 0.722. The van der Waals surface area contributed by atoms with Gasteiger partial charge in [-0.2, -0.15) is 0 Å². The summed E-state index contributed by atoms with van der Waals surface area (Å²) in [6.45, 7) is 9.63. The molecule has 24 heavy (non-hydrogen) atoms. The van der Waals surface area contributed by atoms with Crippen LogP contribution < -0.4 is 5.32 Å². The van der Waals surface area contributed by atoms with Crippen LogP contribution >= 0.6 is 0 Å². The zero-order valence-electron chi connectivity index (χ0n) is 15.5. The molecule has 136 valence electrons. The van der Waals surface area contributed by atoms with E-state index in [9.17, 15) is 14.4 Å². The van der Waals surface area contributed by atoms with Crippen molar-refractivity contribution < 1.29 is 14.4 Å². The molecule has 1 aliphatic heterocycles. The van der Waals surface area contributed by atoms with Crippen molar-refractivity contribution in [3.63, 3.8) is 0 Å². The number of carbonyl (C=O) groups excluding carboxylic acids is 3. The predicted octanol–water partition coefficient (Wildman–Crippen LogP) is 1.42. The molecule has 1 fully saturated rings. The normalized spacial score (nSPS) is 17.6. The summed E-state index contributed by atoms with van der Waals surface area (Å²) in [5.74, 6) is 0.721. The van der Waals surface area contributed by atoms with E-state index in [1.165, 1.54) is 0 Å². The van der Waals surface area contributed by atoms with Crippen molar-refractivity contribution in [1.29, 1.82) is 0 Å². The van der Waals surface area contributed by atoms with Gasteiger partial charge in [-0.1, -0.05) is 26.8 Å². The number of carbonyl (C=O) groups is 3. The smallest absolute Gasteiger partial charge is 0.249 e. The van der Waals surface area contributed by atoms with E-state index in [-0.39, 0.29) is 30.3 Å². The lowest BCUT2D eigenvalue weighted by molar-refractivity contribution is -0.132. The predicted molar refractivity (Wildman–Crippen MR) is 94.2 cm³/mol. The highest BCUT2D eigenvalue weighted by Gasteiger charge is 2.25. The van der Waals surface area contributed by atoms with Crippen molar-refractivity contribution in [2.45, 2.75) is 46.6 Å². The average molecular weight is 337 g/mol. The Bertz CT molecular complexity index is 480. The topological polar surface area (TPSA) is 69.7 Å². The van der Waals surface area contributed by atoms with Crippen LogP contribution in [0.15, 0.2) is 11.6 Å². The first kappa shape index (κ1) is 20.2. The van der Waals surface area contributed by atoms with Crippen LogP contribution in [0.5, 0.6) is 0 Å². The van der Waals surface area contributed by atoms with Gasteiger partial charge in [-0.3, -0.25) is 14.4 Å². The van der Waals surface area contributed by atoms with Crippen molar-refractivity contribution >= 4 is 18.2 Å². The lowest BCUT2D eigenvalue weighted by Gasteiger charge is -2.32. The second-order valence-corrected chi connectivity index (χ2v) is 7.06. The van der Waals surface area contributed by atoms with E-state index in [1.54, 1.807) is 11.9 Å². The van der Waals surface area contributed by atoms with E-state index < -0.39 is 0 Å². The van der Waals surface area contributed by atoms with Gasteiger partial charge >= 0.3 is 0 Å². The Morgan fingerprint density at radius 3 is 2.38 bits per heavy atom. The molecule has 0 aliphatic carbocycles. The number of rotatable bonds is 7. The Morgan fingerprint density at radius 1 is 1.29 bits per heavy atom. The maximum Gasteiger partial charge on any atom is 0.249 e. The van der Waals surface area contributed by atoms with E-state index in [2.05, 4.69) is 12.2 Å². The summed E-state index contributed by atoms with van der Waals surface area (Å²) < 4.78 is 0. The second kappa shape index (κ2) is 9.45. The number of likely N-dealkylation sites (tertiary alicyclic amines) is 1. The average Bonchev–Trinajstić information content (AvgIpc) is 2.56. The van der Waals surface area contributed by atoms with Crippen molar-refractivity contribution in [3.8, 4) is 0 Å². The van der Waals surface area contributed by atoms with Gasteiger partial charge in [-0.05, 0) is 31.6 Å². The lowest BCUT2D eigenvalue weighted by Crippen LogP contribution is -2.44. The third-order valence-electron chi connectivity index (χ3n) is 4.69. The third-order valence-corrected chi connectivity index (χ3v) is 4.69. The van der Waals surface area contributed by atoms with Gasteiger partial charge in [0.1, 0.15) is 0 Å². The molecule has 0 radical (unpaired) electrons. The van der Waals surface area contributed by atoms with Crippen molar-refractivity contribution in [2.24, 2.45) is 11.8 Å². The minimum Gasteiger partial charge on any atom is -0.350 e. The Labute approximate surface area is 145 Å². The van der Waals surface area contributed by atoms with Crippen LogP contribution in [-0.2, 0) is 14.4 Å². The molecular formula is C18H31N3O3. The molecule has 1 atom stereocenters. The van der Waals surface area contributed by atoms with E-state index in [0.29, 0.717) is 17.9 Å². The zero-order chi connectivity index (χ0) is 18.3. The fourth-order valence-electron chi connectivity index (χ4n) is 2.96. The maximum atomic E-state index is 12.6. The van der Waals surface area contributed by atoms with Crippen molar-refractivity contribution in [2.75, 3.05) is 26.7 Å². The van der Waals surface area contributed by atoms with E-state index in [0.717, 1.165) is 25.9 Å². The number of hydrogen-bond acceptors (Lipinski definition) is 3. The van der Waals surface area contributed by atoms with Crippen LogP contribution in [0.2, 0.25) is 0 Å². The first-order valence-electron chi connectivity index (χ1n) is 8.68. The molecule has 0 bridgehead atoms. The van der Waals surface area contributed by atoms with Crippen molar-refractivity contribution in [3.05, 3.63) is 11.6 Å². The number of piperidine rings is 1. The Balaban J connectivity index is 2.80. The molecule has 1 unspecified atom stereocenters. The molecule has 0 aromatic rings. The molecule has 1 N–H and O–H groups in total. The van der Waals surface area contributed by atoms with Gasteiger partial charge in [-0.15, -0.1) is 0 Å². The molecule has 3 amide bonds. The standard InChI is InChI=1S/C18H31N3O3/c1-13(2)16(20(5)17(23)11-19-12-22)10-15(4)18(24)21-8-6-14(3)7-9-21/h10,12-14,16H,6-9,11H2,1-5H3,(H,19,22). The second-order valence-electron chi connectivity index (χ2n) is 7.06. The molecule has 0 saturated carbocycles. The van der Waals surface area contributed by atoms with Crippen LogP contribution in [0.1, 0.15) is 40.5 Å². The van der Waals surface area contributed by atoms with E-state index >= 15 is 0 Å². The summed E-state index contributed by atoms with van der Waals surface area (Å²) >= 11 is 0. The fourth-order valence-corrected chi connectivity index (χ4v) is 2.96. The Kier molecular flexibility index (Phi) is 7.95. The monoisotopic (exact) mass is 337 g/mol. The summed E-state index contributed by atoms with van der Waals surface area (Å²) in [6.07, 6.45) is 4.48. The third kappa shape index (κ3) is 5.65. The SMILES string of the molecule is CC(=CC(C(C)C)N(C)C(=O)CNC=O)C(=O)N1CCC(C)CC1. The summed E-state index contributed by atoms with van der Waals surface area (Å²) in [5, 5.41) is 2.39. The quantitative estimate of drug-likeness (QED) is 0.564. The van der Waals surface area contributed by atoms with Crippen LogP contribution in [0.3, 0.4) is 0 Å². The number of nitrogens with one attached hydrogen (secondary N) is 1. The first-order chi connectivity index (χ1) is 11.3. The van der Waals surface area contributed by atoms with Gasteiger partial charge in [0.05, 0.1) is 12.6 Å². The summed E-state index contributed by atoms with van der Waals surface area (Å²) in [5.41, 5.74) is 0.672. The van der Waals surface area contributed by atoms with Gasteiger partial charge in [0.25, 0.3) is 0 Å². The molecule has 1 heterocycles. The number of nitrogens with zero attached hydrogens (tertiary/aromatic N) is 2. The molecule has 1 aliphatic rings. The van der Waals surface area contributed by atoms with Crippen LogP contribution in [0.25, 0.3) is 0 Å². The highest BCUT2D eigenvalue weighted by Crippen LogP contribution is 2.19. The van der Waals surface area contributed by atoms with Gasteiger partial charge in [-0.25, -0.2) is 0 Å². The van der Waals surface area contributed by atoms with Gasteiger partial charge in [0.15, 0.2) is 0 Å². The molecule has 6 nitrogen and oxygen atoms in total. The summed E-state index contributed by atoms with van der Waals surface area (Å²) in [6, 6.07) is -0.182. The largest absolute Gasteiger partial charge is 0.350 e. The highest BCUT2D eigenvalue weighted by atomic mass is 16.2. The number of amides is 3. The van der Waals surface area contributed by atoms with Gasteiger partial charge < -0.3 is 15.1 Å². The first-order valence-corrected chi connectivity index (χ1v) is 8.68. The van der Waals surface area contributed by atoms with Crippen LogP contribution in [0.4, 0.5) is 0 Å². The summed E-state index contributed by atoms with van der Waals surface area (Å²) in [7, 11) is 1.70. The Morgan fingerprint density at radius 2 is 1.88 bits per heavy atom. The molecule has 6 heteroatoms. The van der Waals surface area contributed by atoms with Crippen LogP contribution in [0, 0.1) is 11.8 Å². The molecule has 0 aromatic heterocycles. The maximum absolute atomic E-state index is 12.6.